The van der Waals surface area contributed by atoms with Crippen molar-refractivity contribution in [2.75, 3.05) is 0 Å². The number of aryl methyl sites for hydroxylation is 1. The van der Waals surface area contributed by atoms with E-state index >= 15 is 0 Å². The molecule has 0 saturated heterocycles. The second kappa shape index (κ2) is 4.32. The van der Waals surface area contributed by atoms with Crippen molar-refractivity contribution in [1.82, 2.24) is 9.97 Å². The highest BCUT2D eigenvalue weighted by molar-refractivity contribution is 7.21. The van der Waals surface area contributed by atoms with Gasteiger partial charge in [0.05, 0.1) is 0 Å². The first-order valence-corrected chi connectivity index (χ1v) is 6.22. The normalized spacial score (nSPS) is 11.8. The Morgan fingerprint density at radius 1 is 1.33 bits per heavy atom. The molecule has 96 valence electrons. The van der Waals surface area contributed by atoms with Crippen LogP contribution in [0.15, 0.2) is 5.38 Å². The Hall–Kier alpha value is -1.48. The van der Waals surface area contributed by atoms with Crippen LogP contribution in [0.2, 0.25) is 0 Å². The molecule has 0 radical (unpaired) electrons. The summed E-state index contributed by atoms with van der Waals surface area (Å²) in [6.07, 6.45) is -4.78. The molecule has 0 bridgehead atoms. The maximum absolute atomic E-state index is 12.6. The highest BCUT2D eigenvalue weighted by Crippen LogP contribution is 2.38. The molecular formula is C9H5F3N2O2S2. The van der Waals surface area contributed by atoms with Crippen LogP contribution < -0.4 is 0 Å². The molecule has 0 aliphatic heterocycles. The van der Waals surface area contributed by atoms with Crippen molar-refractivity contribution in [2.24, 2.45) is 0 Å². The van der Waals surface area contributed by atoms with Gasteiger partial charge in [0.15, 0.2) is 15.7 Å². The van der Waals surface area contributed by atoms with E-state index in [1.54, 1.807) is 12.3 Å². The topological polar surface area (TPSA) is 63.1 Å². The van der Waals surface area contributed by atoms with E-state index in [2.05, 4.69) is 9.97 Å². The molecule has 0 aliphatic rings. The monoisotopic (exact) mass is 294 g/mol. The van der Waals surface area contributed by atoms with E-state index in [4.69, 9.17) is 5.11 Å². The van der Waals surface area contributed by atoms with Crippen molar-refractivity contribution in [3.63, 3.8) is 0 Å². The third-order valence-corrected chi connectivity index (χ3v) is 4.04. The number of carboxylic acid groups (broad SMARTS) is 1. The number of halogens is 3. The number of aromatic carboxylic acids is 1. The van der Waals surface area contributed by atoms with E-state index in [-0.39, 0.29) is 10.0 Å². The first kappa shape index (κ1) is 13.0. The molecule has 18 heavy (non-hydrogen) atoms. The van der Waals surface area contributed by atoms with Crippen molar-refractivity contribution in [3.05, 3.63) is 21.6 Å². The lowest BCUT2D eigenvalue weighted by Gasteiger charge is -2.02. The largest absolute Gasteiger partial charge is 0.477 e. The Morgan fingerprint density at radius 2 is 2.00 bits per heavy atom. The molecule has 2 aromatic rings. The molecule has 4 nitrogen and oxygen atoms in total. The summed E-state index contributed by atoms with van der Waals surface area (Å²) in [6.45, 7) is 1.69. The molecule has 2 heterocycles. The van der Waals surface area contributed by atoms with Crippen LogP contribution >= 0.6 is 22.7 Å². The maximum atomic E-state index is 12.6. The van der Waals surface area contributed by atoms with Gasteiger partial charge in [0, 0.05) is 11.1 Å². The smallest absolute Gasteiger partial charge is 0.435 e. The SMILES string of the molecule is Cc1csc(-c2nc(C(F)(F)F)c(C(=O)O)s2)n1. The Morgan fingerprint density at radius 3 is 2.39 bits per heavy atom. The summed E-state index contributed by atoms with van der Waals surface area (Å²) in [6, 6.07) is 0. The summed E-state index contributed by atoms with van der Waals surface area (Å²) in [5, 5.41) is 10.7. The highest BCUT2D eigenvalue weighted by Gasteiger charge is 2.40. The van der Waals surface area contributed by atoms with Crippen molar-refractivity contribution >= 4 is 28.6 Å². The second-order valence-corrected chi connectivity index (χ2v) is 5.15. The molecule has 0 fully saturated rings. The van der Waals surface area contributed by atoms with Gasteiger partial charge >= 0.3 is 12.1 Å². The number of carboxylic acids is 1. The third kappa shape index (κ3) is 2.36. The maximum Gasteiger partial charge on any atom is 0.435 e. The van der Waals surface area contributed by atoms with Crippen LogP contribution in [0, 0.1) is 6.92 Å². The summed E-state index contributed by atoms with van der Waals surface area (Å²) in [4.78, 5) is 17.3. The van der Waals surface area contributed by atoms with E-state index in [0.717, 1.165) is 11.3 Å². The molecule has 0 saturated carbocycles. The zero-order chi connectivity index (χ0) is 13.5. The lowest BCUT2D eigenvalue weighted by Crippen LogP contribution is -2.11. The van der Waals surface area contributed by atoms with Crippen LogP contribution in [-0.2, 0) is 6.18 Å². The third-order valence-electron chi connectivity index (χ3n) is 1.89. The van der Waals surface area contributed by atoms with Gasteiger partial charge in [0.2, 0.25) is 0 Å². The van der Waals surface area contributed by atoms with Crippen LogP contribution in [0.5, 0.6) is 0 Å². The van der Waals surface area contributed by atoms with Gasteiger partial charge in [0.1, 0.15) is 4.88 Å². The Kier molecular flexibility index (Phi) is 3.11. The van der Waals surface area contributed by atoms with E-state index < -0.39 is 22.7 Å². The lowest BCUT2D eigenvalue weighted by molar-refractivity contribution is -0.141. The molecule has 1 N–H and O–H groups in total. The van der Waals surface area contributed by atoms with Gasteiger partial charge in [-0.25, -0.2) is 14.8 Å². The van der Waals surface area contributed by atoms with Crippen LogP contribution in [0.4, 0.5) is 13.2 Å². The zero-order valence-corrected chi connectivity index (χ0v) is 10.4. The van der Waals surface area contributed by atoms with Gasteiger partial charge in [-0.05, 0) is 6.92 Å². The van der Waals surface area contributed by atoms with Crippen LogP contribution in [0.25, 0.3) is 10.0 Å². The fourth-order valence-electron chi connectivity index (χ4n) is 1.20. The van der Waals surface area contributed by atoms with Gasteiger partial charge in [-0.2, -0.15) is 13.2 Å². The van der Waals surface area contributed by atoms with E-state index in [1.807, 2.05) is 0 Å². The van der Waals surface area contributed by atoms with Crippen LogP contribution in [-0.4, -0.2) is 21.0 Å². The first-order chi connectivity index (χ1) is 8.29. The van der Waals surface area contributed by atoms with Crippen molar-refractivity contribution in [2.45, 2.75) is 13.1 Å². The molecule has 0 aromatic carbocycles. The first-order valence-electron chi connectivity index (χ1n) is 4.53. The van der Waals surface area contributed by atoms with E-state index in [0.29, 0.717) is 17.0 Å². The number of nitrogens with zero attached hydrogens (tertiary/aromatic N) is 2. The average Bonchev–Trinajstić information content (AvgIpc) is 2.81. The minimum atomic E-state index is -4.78. The highest BCUT2D eigenvalue weighted by atomic mass is 32.1. The molecule has 0 spiro atoms. The minimum Gasteiger partial charge on any atom is -0.477 e. The molecule has 0 unspecified atom stereocenters. The van der Waals surface area contributed by atoms with Gasteiger partial charge in [0.25, 0.3) is 0 Å². The van der Waals surface area contributed by atoms with Crippen molar-refractivity contribution < 1.29 is 23.1 Å². The number of alkyl halides is 3. The Balaban J connectivity index is 2.56. The number of carbonyl (C=O) groups is 1. The van der Waals surface area contributed by atoms with Gasteiger partial charge < -0.3 is 5.11 Å². The number of hydrogen-bond donors (Lipinski definition) is 1. The van der Waals surface area contributed by atoms with Gasteiger partial charge in [-0.3, -0.25) is 0 Å². The fraction of sp³-hybridized carbons (Fsp3) is 0.222. The molecule has 2 rings (SSSR count). The van der Waals surface area contributed by atoms with E-state index in [9.17, 15) is 18.0 Å². The summed E-state index contributed by atoms with van der Waals surface area (Å²) in [7, 11) is 0. The Labute approximate surface area is 107 Å². The lowest BCUT2D eigenvalue weighted by atomic mass is 10.3. The predicted octanol–water partition coefficient (Wildman–Crippen LogP) is 3.29. The van der Waals surface area contributed by atoms with E-state index in [1.165, 1.54) is 0 Å². The molecule has 9 heteroatoms. The summed E-state index contributed by atoms with van der Waals surface area (Å²) >= 11 is 1.60. The summed E-state index contributed by atoms with van der Waals surface area (Å²) < 4.78 is 37.8. The van der Waals surface area contributed by atoms with Crippen molar-refractivity contribution in [3.8, 4) is 10.0 Å². The molecule has 0 aliphatic carbocycles. The quantitative estimate of drug-likeness (QED) is 0.923. The number of rotatable bonds is 2. The Bertz CT molecular complexity index is 603. The number of thiazole rings is 2. The van der Waals surface area contributed by atoms with Gasteiger partial charge in [-0.1, -0.05) is 0 Å². The summed E-state index contributed by atoms with van der Waals surface area (Å²) in [5.74, 6) is -1.64. The summed E-state index contributed by atoms with van der Waals surface area (Å²) in [5.41, 5.74) is -0.724. The standard InChI is InChI=1S/C9H5F3N2O2S2/c1-3-2-17-6(13-3)7-14-5(9(10,11)12)4(18-7)8(15)16/h2H,1H3,(H,15,16). The molecule has 0 atom stereocenters. The molecule has 0 amide bonds. The minimum absolute atomic E-state index is 0.0298. The molecule has 2 aromatic heterocycles. The zero-order valence-electron chi connectivity index (χ0n) is 8.78. The average molecular weight is 294 g/mol. The van der Waals surface area contributed by atoms with Crippen LogP contribution in [0.3, 0.4) is 0 Å². The number of aromatic nitrogens is 2. The number of hydrogen-bond acceptors (Lipinski definition) is 5. The van der Waals surface area contributed by atoms with Crippen molar-refractivity contribution in [1.29, 1.82) is 0 Å². The predicted molar refractivity (Wildman–Crippen MR) is 59.9 cm³/mol. The fourth-order valence-corrected chi connectivity index (χ4v) is 2.96. The van der Waals surface area contributed by atoms with Crippen LogP contribution in [0.1, 0.15) is 21.1 Å². The second-order valence-electron chi connectivity index (χ2n) is 3.29. The molecular weight excluding hydrogens is 289 g/mol. The van der Waals surface area contributed by atoms with Gasteiger partial charge in [-0.15, -0.1) is 22.7 Å².